The number of aromatic nitrogens is 4. The van der Waals surface area contributed by atoms with Crippen LogP contribution in [0.4, 0.5) is 0 Å². The van der Waals surface area contributed by atoms with Gasteiger partial charge in [0.15, 0.2) is 0 Å². The Bertz CT molecular complexity index is 2130. The molecular formula is C33H20N4S. The van der Waals surface area contributed by atoms with Crippen LogP contribution in [0.1, 0.15) is 0 Å². The van der Waals surface area contributed by atoms with Crippen molar-refractivity contribution in [2.75, 3.05) is 0 Å². The van der Waals surface area contributed by atoms with Crippen molar-refractivity contribution in [3.05, 3.63) is 122 Å². The Morgan fingerprint density at radius 1 is 0.632 bits per heavy atom. The third-order valence-corrected chi connectivity index (χ3v) is 8.40. The predicted molar refractivity (Wildman–Crippen MR) is 158 cm³/mol. The highest BCUT2D eigenvalue weighted by Gasteiger charge is 2.20. The van der Waals surface area contributed by atoms with Crippen LogP contribution in [0.2, 0.25) is 0 Å². The number of thiophene rings is 1. The molecule has 0 amide bonds. The van der Waals surface area contributed by atoms with Crippen LogP contribution in [0.15, 0.2) is 122 Å². The minimum Gasteiger partial charge on any atom is -0.291 e. The Hall–Kier alpha value is -4.87. The first-order valence-corrected chi connectivity index (χ1v) is 13.3. The standard InChI is InChI=1S/C33H20N4S/c1-2-7-21(8-3-1)24-10-4-11-25-30-28(38-33(24)25)14-13-26-31-27(12-6-17-36-31)37(32(26)30)29-19-22(15-18-35-29)23-9-5-16-34-20-23/h1-20H. The summed E-state index contributed by atoms with van der Waals surface area (Å²) in [5.74, 6) is 0.866. The second kappa shape index (κ2) is 8.33. The van der Waals surface area contributed by atoms with Crippen molar-refractivity contribution >= 4 is 53.4 Å². The van der Waals surface area contributed by atoms with Crippen LogP contribution in [0.3, 0.4) is 0 Å². The van der Waals surface area contributed by atoms with E-state index in [2.05, 4.69) is 88.4 Å². The minimum atomic E-state index is 0.866. The lowest BCUT2D eigenvalue weighted by atomic mass is 10.0. The first-order chi connectivity index (χ1) is 18.9. The SMILES string of the molecule is c1ccc(-c2cccc3c2sc2ccc4c5ncccc5n(-c5cc(-c6cccnc6)ccn5)c4c23)cc1. The molecule has 0 spiro atoms. The molecule has 0 fully saturated rings. The van der Waals surface area contributed by atoms with Gasteiger partial charge in [0.25, 0.3) is 0 Å². The zero-order valence-electron chi connectivity index (χ0n) is 20.2. The molecule has 0 bridgehead atoms. The molecule has 8 rings (SSSR count). The number of hydrogen-bond acceptors (Lipinski definition) is 4. The predicted octanol–water partition coefficient (Wildman–Crippen LogP) is 8.67. The highest BCUT2D eigenvalue weighted by molar-refractivity contribution is 7.26. The first kappa shape index (κ1) is 21.2. The molecule has 0 N–H and O–H groups in total. The van der Waals surface area contributed by atoms with E-state index in [-0.39, 0.29) is 0 Å². The minimum absolute atomic E-state index is 0.866. The van der Waals surface area contributed by atoms with Gasteiger partial charge in [0.2, 0.25) is 0 Å². The largest absolute Gasteiger partial charge is 0.291 e. The van der Waals surface area contributed by atoms with E-state index >= 15 is 0 Å². The molecule has 3 aromatic carbocycles. The van der Waals surface area contributed by atoms with Gasteiger partial charge in [-0.3, -0.25) is 14.5 Å². The lowest BCUT2D eigenvalue weighted by molar-refractivity contribution is 1.08. The van der Waals surface area contributed by atoms with Crippen molar-refractivity contribution in [3.8, 4) is 28.1 Å². The number of pyridine rings is 3. The summed E-state index contributed by atoms with van der Waals surface area (Å²) in [6.07, 6.45) is 7.44. The molecule has 5 heterocycles. The summed E-state index contributed by atoms with van der Waals surface area (Å²) < 4.78 is 4.83. The molecule has 38 heavy (non-hydrogen) atoms. The molecule has 0 aliphatic heterocycles. The van der Waals surface area contributed by atoms with E-state index in [1.54, 1.807) is 6.20 Å². The molecule has 0 saturated heterocycles. The average molecular weight is 505 g/mol. The molecule has 0 aliphatic carbocycles. The van der Waals surface area contributed by atoms with E-state index in [1.165, 1.54) is 31.3 Å². The second-order valence-electron chi connectivity index (χ2n) is 9.34. The van der Waals surface area contributed by atoms with Crippen LogP contribution in [0.5, 0.6) is 0 Å². The summed E-state index contributed by atoms with van der Waals surface area (Å²) in [7, 11) is 0. The van der Waals surface area contributed by atoms with Gasteiger partial charge in [-0.2, -0.15) is 0 Å². The van der Waals surface area contributed by atoms with E-state index in [1.807, 2.05) is 48.1 Å². The molecule has 0 unspecified atom stereocenters. The van der Waals surface area contributed by atoms with Crippen molar-refractivity contribution in [1.82, 2.24) is 19.5 Å². The average Bonchev–Trinajstić information content (AvgIpc) is 3.54. The number of fused-ring (bicyclic) bond motifs is 7. The molecule has 0 atom stereocenters. The summed E-state index contributed by atoms with van der Waals surface area (Å²) in [6, 6.07) is 34.1. The van der Waals surface area contributed by atoms with Gasteiger partial charge in [0, 0.05) is 55.9 Å². The molecule has 178 valence electrons. The molecule has 5 heteroatoms. The van der Waals surface area contributed by atoms with Crippen molar-refractivity contribution in [2.45, 2.75) is 0 Å². The normalized spacial score (nSPS) is 11.7. The van der Waals surface area contributed by atoms with Gasteiger partial charge in [-0.15, -0.1) is 11.3 Å². The second-order valence-corrected chi connectivity index (χ2v) is 10.4. The number of nitrogens with zero attached hydrogens (tertiary/aromatic N) is 4. The Labute approximate surface area is 222 Å². The Kier molecular flexibility index (Phi) is 4.66. The lowest BCUT2D eigenvalue weighted by Crippen LogP contribution is -1.98. The van der Waals surface area contributed by atoms with E-state index in [0.717, 1.165) is 38.9 Å². The van der Waals surface area contributed by atoms with Crippen LogP contribution in [0.25, 0.3) is 70.2 Å². The fourth-order valence-electron chi connectivity index (χ4n) is 5.54. The van der Waals surface area contributed by atoms with Crippen molar-refractivity contribution < 1.29 is 0 Å². The van der Waals surface area contributed by atoms with Gasteiger partial charge in [0.05, 0.1) is 16.6 Å². The smallest absolute Gasteiger partial charge is 0.138 e. The van der Waals surface area contributed by atoms with Crippen LogP contribution < -0.4 is 0 Å². The quantitative estimate of drug-likeness (QED) is 0.242. The third-order valence-electron chi connectivity index (χ3n) is 7.20. The van der Waals surface area contributed by atoms with Crippen molar-refractivity contribution in [1.29, 1.82) is 0 Å². The van der Waals surface area contributed by atoms with Crippen LogP contribution in [-0.4, -0.2) is 19.5 Å². The van der Waals surface area contributed by atoms with Crippen molar-refractivity contribution in [2.24, 2.45) is 0 Å². The van der Waals surface area contributed by atoms with E-state index in [9.17, 15) is 0 Å². The summed E-state index contributed by atoms with van der Waals surface area (Å²) in [5, 5.41) is 3.63. The zero-order valence-corrected chi connectivity index (χ0v) is 21.1. The monoisotopic (exact) mass is 504 g/mol. The molecule has 5 aromatic heterocycles. The summed E-state index contributed by atoms with van der Waals surface area (Å²) >= 11 is 1.85. The van der Waals surface area contributed by atoms with Gasteiger partial charge >= 0.3 is 0 Å². The maximum atomic E-state index is 4.86. The first-order valence-electron chi connectivity index (χ1n) is 12.5. The maximum absolute atomic E-state index is 4.86. The lowest BCUT2D eigenvalue weighted by Gasteiger charge is -2.10. The van der Waals surface area contributed by atoms with Gasteiger partial charge in [-0.25, -0.2) is 4.98 Å². The fraction of sp³-hybridized carbons (Fsp3) is 0. The number of rotatable bonds is 3. The summed E-state index contributed by atoms with van der Waals surface area (Å²) in [4.78, 5) is 14.0. The number of benzene rings is 3. The molecule has 0 aliphatic rings. The highest BCUT2D eigenvalue weighted by atomic mass is 32.1. The maximum Gasteiger partial charge on any atom is 0.138 e. The van der Waals surface area contributed by atoms with E-state index < -0.39 is 0 Å². The Balaban J connectivity index is 1.50. The Morgan fingerprint density at radius 2 is 1.53 bits per heavy atom. The topological polar surface area (TPSA) is 43.6 Å². The summed E-state index contributed by atoms with van der Waals surface area (Å²) in [6.45, 7) is 0. The molecule has 4 nitrogen and oxygen atoms in total. The fourth-order valence-corrected chi connectivity index (χ4v) is 6.78. The van der Waals surface area contributed by atoms with E-state index in [0.29, 0.717) is 0 Å². The summed E-state index contributed by atoms with van der Waals surface area (Å²) in [5.41, 5.74) is 7.80. The van der Waals surface area contributed by atoms with Crippen LogP contribution in [0, 0.1) is 0 Å². The molecular weight excluding hydrogens is 484 g/mol. The van der Waals surface area contributed by atoms with E-state index in [4.69, 9.17) is 9.97 Å². The van der Waals surface area contributed by atoms with Gasteiger partial charge in [-0.05, 0) is 59.2 Å². The van der Waals surface area contributed by atoms with Crippen molar-refractivity contribution in [3.63, 3.8) is 0 Å². The molecule has 8 aromatic rings. The Morgan fingerprint density at radius 3 is 2.42 bits per heavy atom. The van der Waals surface area contributed by atoms with Crippen LogP contribution in [-0.2, 0) is 0 Å². The zero-order chi connectivity index (χ0) is 25.1. The molecule has 0 radical (unpaired) electrons. The molecule has 0 saturated carbocycles. The number of hydrogen-bond donors (Lipinski definition) is 0. The highest BCUT2D eigenvalue weighted by Crippen LogP contribution is 2.45. The van der Waals surface area contributed by atoms with Gasteiger partial charge < -0.3 is 0 Å². The van der Waals surface area contributed by atoms with Gasteiger partial charge in [-0.1, -0.05) is 54.6 Å². The van der Waals surface area contributed by atoms with Crippen LogP contribution >= 0.6 is 11.3 Å². The van der Waals surface area contributed by atoms with Gasteiger partial charge in [0.1, 0.15) is 5.82 Å². The third kappa shape index (κ3) is 3.12.